The molecule has 36 heavy (non-hydrogen) atoms. The number of carbonyl (C=O) groups excluding carboxylic acids is 3. The SMILES string of the molecule is COC(=O)c1cc(NC(=O)c2ccccc2)cc(OCc2ccccc2)c1NC(=O)c1ccccc1. The van der Waals surface area contributed by atoms with Crippen LogP contribution in [0, 0.1) is 0 Å². The van der Waals surface area contributed by atoms with Crippen LogP contribution in [0.1, 0.15) is 36.6 Å². The van der Waals surface area contributed by atoms with Crippen LogP contribution in [0.3, 0.4) is 0 Å². The zero-order chi connectivity index (χ0) is 25.3. The molecular formula is C29H24N2O5. The molecule has 4 aromatic carbocycles. The molecule has 0 spiro atoms. The van der Waals surface area contributed by atoms with Gasteiger partial charge in [0.05, 0.1) is 18.4 Å². The molecule has 0 heterocycles. The van der Waals surface area contributed by atoms with Crippen molar-refractivity contribution in [1.82, 2.24) is 0 Å². The van der Waals surface area contributed by atoms with Crippen molar-refractivity contribution in [2.45, 2.75) is 6.61 Å². The molecule has 7 heteroatoms. The number of nitrogens with one attached hydrogen (secondary N) is 2. The Bertz CT molecular complexity index is 1360. The third kappa shape index (κ3) is 5.95. The van der Waals surface area contributed by atoms with Crippen molar-refractivity contribution < 1.29 is 23.9 Å². The molecule has 0 aliphatic rings. The summed E-state index contributed by atoms with van der Waals surface area (Å²) in [5.74, 6) is -1.28. The van der Waals surface area contributed by atoms with Gasteiger partial charge in [0.25, 0.3) is 11.8 Å². The van der Waals surface area contributed by atoms with E-state index >= 15 is 0 Å². The van der Waals surface area contributed by atoms with E-state index in [-0.39, 0.29) is 29.5 Å². The van der Waals surface area contributed by atoms with Gasteiger partial charge in [-0.25, -0.2) is 4.79 Å². The van der Waals surface area contributed by atoms with Crippen LogP contribution in [0.2, 0.25) is 0 Å². The maximum atomic E-state index is 13.0. The molecule has 0 aliphatic heterocycles. The summed E-state index contributed by atoms with van der Waals surface area (Å²) in [6.45, 7) is 0.172. The number of rotatable bonds is 8. The summed E-state index contributed by atoms with van der Waals surface area (Å²) in [5, 5.41) is 5.57. The zero-order valence-electron chi connectivity index (χ0n) is 19.6. The van der Waals surface area contributed by atoms with E-state index in [1.54, 1.807) is 60.7 Å². The Hall–Kier alpha value is -4.91. The topological polar surface area (TPSA) is 93.7 Å². The van der Waals surface area contributed by atoms with Gasteiger partial charge >= 0.3 is 5.97 Å². The number of methoxy groups -OCH3 is 1. The third-order valence-electron chi connectivity index (χ3n) is 5.31. The lowest BCUT2D eigenvalue weighted by Crippen LogP contribution is -2.18. The number of carbonyl (C=O) groups is 3. The summed E-state index contributed by atoms with van der Waals surface area (Å²) < 4.78 is 11.0. The molecule has 0 aromatic heterocycles. The molecule has 0 bridgehead atoms. The molecule has 0 atom stereocenters. The molecule has 4 rings (SSSR count). The van der Waals surface area contributed by atoms with Crippen LogP contribution in [0.5, 0.6) is 5.75 Å². The van der Waals surface area contributed by atoms with E-state index in [2.05, 4.69) is 10.6 Å². The molecule has 0 saturated carbocycles. The number of hydrogen-bond acceptors (Lipinski definition) is 5. The minimum atomic E-state index is -0.696. The van der Waals surface area contributed by atoms with Crippen LogP contribution in [0.25, 0.3) is 0 Å². The summed E-state index contributed by atoms with van der Waals surface area (Å²) in [6.07, 6.45) is 0. The van der Waals surface area contributed by atoms with Crippen LogP contribution < -0.4 is 15.4 Å². The molecule has 2 amide bonds. The van der Waals surface area contributed by atoms with Gasteiger partial charge in [0, 0.05) is 22.9 Å². The Morgan fingerprint density at radius 2 is 1.22 bits per heavy atom. The highest BCUT2D eigenvalue weighted by Crippen LogP contribution is 2.35. The molecule has 7 nitrogen and oxygen atoms in total. The van der Waals surface area contributed by atoms with Crippen molar-refractivity contribution in [3.8, 4) is 5.75 Å². The fourth-order valence-electron chi connectivity index (χ4n) is 3.50. The molecular weight excluding hydrogens is 456 g/mol. The van der Waals surface area contributed by atoms with Gasteiger partial charge in [-0.2, -0.15) is 0 Å². The molecule has 0 unspecified atom stereocenters. The summed E-state index contributed by atoms with van der Waals surface area (Å²) in [6, 6.07) is 29.7. The summed E-state index contributed by atoms with van der Waals surface area (Å²) in [4.78, 5) is 38.5. The van der Waals surface area contributed by atoms with Gasteiger partial charge < -0.3 is 20.1 Å². The van der Waals surface area contributed by atoms with Gasteiger partial charge in [-0.1, -0.05) is 66.7 Å². The molecule has 0 saturated heterocycles. The van der Waals surface area contributed by atoms with E-state index in [1.165, 1.54) is 13.2 Å². The largest absolute Gasteiger partial charge is 0.487 e. The Morgan fingerprint density at radius 1 is 0.694 bits per heavy atom. The number of esters is 1. The molecule has 0 fully saturated rings. The van der Waals surface area contributed by atoms with Crippen molar-refractivity contribution in [2.24, 2.45) is 0 Å². The molecule has 4 aromatic rings. The second-order valence-electron chi connectivity index (χ2n) is 7.80. The van der Waals surface area contributed by atoms with Crippen molar-refractivity contribution >= 4 is 29.2 Å². The summed E-state index contributed by atoms with van der Waals surface area (Å²) >= 11 is 0. The third-order valence-corrected chi connectivity index (χ3v) is 5.31. The summed E-state index contributed by atoms with van der Waals surface area (Å²) in [5.41, 5.74) is 2.23. The highest BCUT2D eigenvalue weighted by molar-refractivity contribution is 6.11. The van der Waals surface area contributed by atoms with Crippen LogP contribution in [-0.2, 0) is 11.3 Å². The van der Waals surface area contributed by atoms with Gasteiger partial charge in [-0.05, 0) is 35.9 Å². The van der Waals surface area contributed by atoms with Crippen LogP contribution in [-0.4, -0.2) is 24.9 Å². The van der Waals surface area contributed by atoms with E-state index in [0.29, 0.717) is 16.8 Å². The molecule has 180 valence electrons. The highest BCUT2D eigenvalue weighted by Gasteiger charge is 2.22. The first-order valence-electron chi connectivity index (χ1n) is 11.2. The first-order chi connectivity index (χ1) is 17.5. The van der Waals surface area contributed by atoms with Crippen molar-refractivity contribution in [1.29, 1.82) is 0 Å². The lowest BCUT2D eigenvalue weighted by atomic mass is 10.1. The Morgan fingerprint density at radius 3 is 1.78 bits per heavy atom. The van der Waals surface area contributed by atoms with Crippen molar-refractivity contribution in [3.63, 3.8) is 0 Å². The fourth-order valence-corrected chi connectivity index (χ4v) is 3.50. The number of hydrogen-bond donors (Lipinski definition) is 2. The van der Waals surface area contributed by atoms with Gasteiger partial charge in [-0.3, -0.25) is 9.59 Å². The Labute approximate surface area is 208 Å². The van der Waals surface area contributed by atoms with Gasteiger partial charge in [0.15, 0.2) is 0 Å². The molecule has 2 N–H and O–H groups in total. The van der Waals surface area contributed by atoms with Crippen molar-refractivity contribution in [3.05, 3.63) is 125 Å². The minimum Gasteiger partial charge on any atom is -0.487 e. The van der Waals surface area contributed by atoms with Gasteiger partial charge in [0.2, 0.25) is 0 Å². The second-order valence-corrected chi connectivity index (χ2v) is 7.80. The first kappa shape index (κ1) is 24.2. The highest BCUT2D eigenvalue weighted by atomic mass is 16.5. The normalized spacial score (nSPS) is 10.2. The number of ether oxygens (including phenoxy) is 2. The predicted molar refractivity (Wildman–Crippen MR) is 137 cm³/mol. The van der Waals surface area contributed by atoms with E-state index in [9.17, 15) is 14.4 Å². The summed E-state index contributed by atoms with van der Waals surface area (Å²) in [7, 11) is 1.24. The van der Waals surface area contributed by atoms with E-state index in [1.807, 2.05) is 36.4 Å². The quantitative estimate of drug-likeness (QED) is 0.322. The Kier molecular flexibility index (Phi) is 7.73. The predicted octanol–water partition coefficient (Wildman–Crippen LogP) is 5.56. The lowest BCUT2D eigenvalue weighted by Gasteiger charge is -2.18. The maximum absolute atomic E-state index is 13.0. The van der Waals surface area contributed by atoms with E-state index in [0.717, 1.165) is 5.56 Å². The van der Waals surface area contributed by atoms with Gasteiger partial charge in [0.1, 0.15) is 12.4 Å². The van der Waals surface area contributed by atoms with Crippen LogP contribution >= 0.6 is 0 Å². The van der Waals surface area contributed by atoms with Crippen LogP contribution in [0.15, 0.2) is 103 Å². The lowest BCUT2D eigenvalue weighted by molar-refractivity contribution is 0.0601. The van der Waals surface area contributed by atoms with Crippen LogP contribution in [0.4, 0.5) is 11.4 Å². The number of anilines is 2. The first-order valence-corrected chi connectivity index (χ1v) is 11.2. The average Bonchev–Trinajstić information content (AvgIpc) is 2.93. The smallest absolute Gasteiger partial charge is 0.340 e. The van der Waals surface area contributed by atoms with E-state index < -0.39 is 11.9 Å². The molecule has 0 radical (unpaired) electrons. The Balaban J connectivity index is 1.73. The molecule has 0 aliphatic carbocycles. The monoisotopic (exact) mass is 480 g/mol. The van der Waals surface area contributed by atoms with Gasteiger partial charge in [-0.15, -0.1) is 0 Å². The van der Waals surface area contributed by atoms with Crippen molar-refractivity contribution in [2.75, 3.05) is 17.7 Å². The maximum Gasteiger partial charge on any atom is 0.340 e. The fraction of sp³-hybridized carbons (Fsp3) is 0.0690. The standard InChI is InChI=1S/C29H24N2O5/c1-35-29(34)24-17-23(30-27(32)21-13-7-3-8-14-21)18-25(36-19-20-11-5-2-6-12-20)26(24)31-28(33)22-15-9-4-10-16-22/h2-18H,19H2,1H3,(H,30,32)(H,31,33). The second kappa shape index (κ2) is 11.5. The number of amides is 2. The zero-order valence-corrected chi connectivity index (χ0v) is 19.6. The average molecular weight is 481 g/mol. The number of benzene rings is 4. The minimum absolute atomic E-state index is 0.0377. The van der Waals surface area contributed by atoms with E-state index in [4.69, 9.17) is 9.47 Å².